The summed E-state index contributed by atoms with van der Waals surface area (Å²) in [7, 11) is -3.58. The van der Waals surface area contributed by atoms with Gasteiger partial charge in [0.1, 0.15) is 0 Å². The topological polar surface area (TPSA) is 79.3 Å². The van der Waals surface area contributed by atoms with Crippen molar-refractivity contribution in [3.8, 4) is 0 Å². The van der Waals surface area contributed by atoms with E-state index in [0.29, 0.717) is 24.1 Å². The summed E-state index contributed by atoms with van der Waals surface area (Å²) in [5.41, 5.74) is 2.20. The standard InChI is InChI=1S/C15H18N2O3S/c1-12-4-5-14(11-18)9-15(12)21(19,20)17-8-6-13-3-2-7-16-10-13/h2-5,7,9-10,17-18H,6,8,11H2,1H3. The van der Waals surface area contributed by atoms with Crippen LogP contribution in [0.15, 0.2) is 47.6 Å². The van der Waals surface area contributed by atoms with Gasteiger partial charge in [0, 0.05) is 18.9 Å². The maximum Gasteiger partial charge on any atom is 0.240 e. The van der Waals surface area contributed by atoms with E-state index in [-0.39, 0.29) is 11.5 Å². The van der Waals surface area contributed by atoms with Gasteiger partial charge < -0.3 is 5.11 Å². The zero-order chi connectivity index (χ0) is 15.3. The lowest BCUT2D eigenvalue weighted by molar-refractivity contribution is 0.281. The first-order valence-electron chi connectivity index (χ1n) is 6.62. The summed E-state index contributed by atoms with van der Waals surface area (Å²) in [6, 6.07) is 8.63. The fourth-order valence-electron chi connectivity index (χ4n) is 1.99. The normalized spacial score (nSPS) is 11.5. The second-order valence-corrected chi connectivity index (χ2v) is 6.50. The summed E-state index contributed by atoms with van der Waals surface area (Å²) in [5.74, 6) is 0. The molecule has 0 aliphatic heterocycles. The Hall–Kier alpha value is -1.76. The van der Waals surface area contributed by atoms with Crippen molar-refractivity contribution < 1.29 is 13.5 Å². The molecule has 0 bridgehead atoms. The van der Waals surface area contributed by atoms with Crippen LogP contribution < -0.4 is 4.72 Å². The third-order valence-electron chi connectivity index (χ3n) is 3.15. The average Bonchev–Trinajstić information content (AvgIpc) is 2.48. The van der Waals surface area contributed by atoms with Crippen LogP contribution in [0.25, 0.3) is 0 Å². The number of nitrogens with zero attached hydrogens (tertiary/aromatic N) is 1. The van der Waals surface area contributed by atoms with Crippen LogP contribution in [0.3, 0.4) is 0 Å². The predicted molar refractivity (Wildman–Crippen MR) is 80.2 cm³/mol. The van der Waals surface area contributed by atoms with E-state index in [2.05, 4.69) is 9.71 Å². The average molecular weight is 306 g/mol. The van der Waals surface area contributed by atoms with Crippen LogP contribution in [0.1, 0.15) is 16.7 Å². The van der Waals surface area contributed by atoms with Gasteiger partial charge in [-0.25, -0.2) is 13.1 Å². The molecule has 2 rings (SSSR count). The Labute approximate surface area is 124 Å². The largest absolute Gasteiger partial charge is 0.392 e. The quantitative estimate of drug-likeness (QED) is 0.845. The second kappa shape index (κ2) is 6.80. The number of nitrogens with one attached hydrogen (secondary N) is 1. The first-order valence-corrected chi connectivity index (χ1v) is 8.10. The number of rotatable bonds is 6. The first-order chi connectivity index (χ1) is 10.0. The fourth-order valence-corrected chi connectivity index (χ4v) is 3.31. The minimum Gasteiger partial charge on any atom is -0.392 e. The van der Waals surface area contributed by atoms with Gasteiger partial charge in [-0.3, -0.25) is 4.98 Å². The third kappa shape index (κ3) is 4.10. The molecule has 6 heteroatoms. The molecule has 0 aliphatic carbocycles. The van der Waals surface area contributed by atoms with E-state index in [1.807, 2.05) is 12.1 Å². The lowest BCUT2D eigenvalue weighted by Gasteiger charge is -2.10. The lowest BCUT2D eigenvalue weighted by Crippen LogP contribution is -2.26. The highest BCUT2D eigenvalue weighted by Crippen LogP contribution is 2.17. The molecular weight excluding hydrogens is 288 g/mol. The highest BCUT2D eigenvalue weighted by atomic mass is 32.2. The van der Waals surface area contributed by atoms with E-state index in [9.17, 15) is 8.42 Å². The first kappa shape index (κ1) is 15.6. The van der Waals surface area contributed by atoms with Crippen LogP contribution in [-0.4, -0.2) is 25.1 Å². The van der Waals surface area contributed by atoms with Crippen molar-refractivity contribution in [3.63, 3.8) is 0 Å². The van der Waals surface area contributed by atoms with Crippen LogP contribution in [0.2, 0.25) is 0 Å². The van der Waals surface area contributed by atoms with Crippen LogP contribution in [0.4, 0.5) is 0 Å². The Morgan fingerprint density at radius 2 is 2.05 bits per heavy atom. The molecule has 0 unspecified atom stereocenters. The van der Waals surface area contributed by atoms with Gasteiger partial charge in [0.2, 0.25) is 10.0 Å². The smallest absolute Gasteiger partial charge is 0.240 e. The van der Waals surface area contributed by atoms with Crippen LogP contribution >= 0.6 is 0 Å². The minimum absolute atomic E-state index is 0.182. The SMILES string of the molecule is Cc1ccc(CO)cc1S(=O)(=O)NCCc1cccnc1. The highest BCUT2D eigenvalue weighted by Gasteiger charge is 2.16. The lowest BCUT2D eigenvalue weighted by atomic mass is 10.2. The number of sulfonamides is 1. The Balaban J connectivity index is 2.08. The van der Waals surface area contributed by atoms with E-state index >= 15 is 0 Å². The molecule has 0 saturated heterocycles. The van der Waals surface area contributed by atoms with Crippen molar-refractivity contribution in [2.24, 2.45) is 0 Å². The summed E-state index contributed by atoms with van der Waals surface area (Å²) >= 11 is 0. The molecule has 1 aromatic heterocycles. The summed E-state index contributed by atoms with van der Waals surface area (Å²) in [6.07, 6.45) is 3.97. The second-order valence-electron chi connectivity index (χ2n) is 4.77. The monoisotopic (exact) mass is 306 g/mol. The summed E-state index contributed by atoms with van der Waals surface area (Å²) in [5, 5.41) is 9.12. The van der Waals surface area contributed by atoms with Crippen LogP contribution in [0.5, 0.6) is 0 Å². The number of hydrogen-bond donors (Lipinski definition) is 2. The Morgan fingerprint density at radius 3 is 2.71 bits per heavy atom. The molecule has 2 aromatic rings. The van der Waals surface area contributed by atoms with Gasteiger partial charge in [0.15, 0.2) is 0 Å². The predicted octanol–water partition coefficient (Wildman–Crippen LogP) is 1.40. The number of pyridine rings is 1. The molecule has 2 N–H and O–H groups in total. The number of aliphatic hydroxyl groups excluding tert-OH is 1. The van der Waals surface area contributed by atoms with Gasteiger partial charge in [-0.2, -0.15) is 0 Å². The number of hydrogen-bond acceptors (Lipinski definition) is 4. The molecule has 0 fully saturated rings. The summed E-state index contributed by atoms with van der Waals surface area (Å²) in [4.78, 5) is 4.20. The number of aliphatic hydroxyl groups is 1. The van der Waals surface area contributed by atoms with Crippen molar-refractivity contribution >= 4 is 10.0 Å². The zero-order valence-electron chi connectivity index (χ0n) is 11.8. The van der Waals surface area contributed by atoms with Crippen molar-refractivity contribution in [3.05, 3.63) is 59.4 Å². The Bertz CT molecular complexity index is 700. The number of aromatic nitrogens is 1. The molecule has 0 radical (unpaired) electrons. The minimum atomic E-state index is -3.58. The van der Waals surface area contributed by atoms with Crippen LogP contribution in [0, 0.1) is 6.92 Å². The molecule has 5 nitrogen and oxygen atoms in total. The van der Waals surface area contributed by atoms with E-state index in [1.165, 1.54) is 6.07 Å². The number of benzene rings is 1. The molecule has 0 aliphatic rings. The molecule has 0 amide bonds. The molecule has 112 valence electrons. The van der Waals surface area contributed by atoms with Gasteiger partial charge >= 0.3 is 0 Å². The number of aryl methyl sites for hydroxylation is 1. The molecule has 0 spiro atoms. The van der Waals surface area contributed by atoms with Crippen molar-refractivity contribution in [2.75, 3.05) is 6.54 Å². The maximum absolute atomic E-state index is 12.3. The van der Waals surface area contributed by atoms with Crippen molar-refractivity contribution in [1.29, 1.82) is 0 Å². The molecular formula is C15H18N2O3S. The molecule has 0 atom stereocenters. The zero-order valence-corrected chi connectivity index (χ0v) is 12.6. The molecule has 0 saturated carbocycles. The van der Waals surface area contributed by atoms with Crippen molar-refractivity contribution in [1.82, 2.24) is 9.71 Å². The summed E-state index contributed by atoms with van der Waals surface area (Å²) in [6.45, 7) is 1.85. The van der Waals surface area contributed by atoms with Crippen LogP contribution in [-0.2, 0) is 23.1 Å². The van der Waals surface area contributed by atoms with Gasteiger partial charge in [0.25, 0.3) is 0 Å². The van der Waals surface area contributed by atoms with E-state index in [4.69, 9.17) is 5.11 Å². The highest BCUT2D eigenvalue weighted by molar-refractivity contribution is 7.89. The fraction of sp³-hybridized carbons (Fsp3) is 0.267. The Morgan fingerprint density at radius 1 is 1.24 bits per heavy atom. The van der Waals surface area contributed by atoms with Crippen molar-refractivity contribution in [2.45, 2.75) is 24.8 Å². The van der Waals surface area contributed by atoms with E-state index in [1.54, 1.807) is 31.5 Å². The molecule has 1 aromatic carbocycles. The maximum atomic E-state index is 12.3. The van der Waals surface area contributed by atoms with E-state index in [0.717, 1.165) is 5.56 Å². The molecule has 21 heavy (non-hydrogen) atoms. The van der Waals surface area contributed by atoms with E-state index < -0.39 is 10.0 Å². The van der Waals surface area contributed by atoms with Gasteiger partial charge in [0.05, 0.1) is 11.5 Å². The van der Waals surface area contributed by atoms with Gasteiger partial charge in [-0.05, 0) is 42.2 Å². The third-order valence-corrected chi connectivity index (χ3v) is 4.76. The van der Waals surface area contributed by atoms with Gasteiger partial charge in [-0.1, -0.05) is 18.2 Å². The molecule has 1 heterocycles. The van der Waals surface area contributed by atoms with Gasteiger partial charge in [-0.15, -0.1) is 0 Å². The Kier molecular flexibility index (Phi) is 5.06. The summed E-state index contributed by atoms with van der Waals surface area (Å²) < 4.78 is 27.2.